The van der Waals surface area contributed by atoms with Gasteiger partial charge in [-0.05, 0) is 50.2 Å². The van der Waals surface area contributed by atoms with E-state index in [0.717, 1.165) is 24.9 Å². The molecule has 2 aliphatic carbocycles. The first-order valence-corrected chi connectivity index (χ1v) is 10.7. The number of ether oxygens (including phenoxy) is 2. The van der Waals surface area contributed by atoms with Gasteiger partial charge in [0.05, 0.1) is 10.6 Å². The van der Waals surface area contributed by atoms with Gasteiger partial charge >= 0.3 is 5.97 Å². The van der Waals surface area contributed by atoms with E-state index in [1.54, 1.807) is 24.3 Å². The molecule has 0 amide bonds. The second-order valence-corrected chi connectivity index (χ2v) is 9.19. The summed E-state index contributed by atoms with van der Waals surface area (Å²) in [5.74, 6) is 0.757. The van der Waals surface area contributed by atoms with Crippen molar-refractivity contribution in [1.82, 2.24) is 4.90 Å². The van der Waals surface area contributed by atoms with Crippen LogP contribution in [-0.4, -0.2) is 47.8 Å². The Labute approximate surface area is 179 Å². The molecule has 1 saturated heterocycles. The molecule has 1 N–H and O–H groups in total. The molecule has 1 spiro atoms. The smallest absolute Gasteiger partial charge is 0.345 e. The number of nitrogens with zero attached hydrogens (tertiary/aromatic N) is 1. The van der Waals surface area contributed by atoms with Gasteiger partial charge in [0.25, 0.3) is 0 Å². The molecule has 2 aromatic rings. The molecule has 2 aromatic carbocycles. The Morgan fingerprint density at radius 2 is 2.10 bits per heavy atom. The van der Waals surface area contributed by atoms with Gasteiger partial charge in [0.15, 0.2) is 11.5 Å². The van der Waals surface area contributed by atoms with Gasteiger partial charge in [0.2, 0.25) is 0 Å². The predicted molar refractivity (Wildman–Crippen MR) is 112 cm³/mol. The summed E-state index contributed by atoms with van der Waals surface area (Å²) in [5.41, 5.74) is 2.38. The molecule has 2 heterocycles. The second kappa shape index (κ2) is 6.33. The lowest BCUT2D eigenvalue weighted by Gasteiger charge is -2.56. The van der Waals surface area contributed by atoms with Crippen molar-refractivity contribution in [1.29, 1.82) is 0 Å². The molecule has 5 nitrogen and oxygen atoms in total. The summed E-state index contributed by atoms with van der Waals surface area (Å²) in [6, 6.07) is 11.1. The van der Waals surface area contributed by atoms with Gasteiger partial charge < -0.3 is 19.5 Å². The van der Waals surface area contributed by atoms with Gasteiger partial charge in [0, 0.05) is 22.9 Å². The van der Waals surface area contributed by atoms with Crippen LogP contribution >= 0.6 is 11.6 Å². The fourth-order valence-corrected chi connectivity index (χ4v) is 6.30. The first-order chi connectivity index (χ1) is 14.5. The van der Waals surface area contributed by atoms with Crippen LogP contribution in [0.5, 0.6) is 11.5 Å². The monoisotopic (exact) mass is 423 g/mol. The number of likely N-dealkylation sites (tertiary alicyclic amines) is 1. The number of esters is 1. The van der Waals surface area contributed by atoms with Crippen LogP contribution in [0, 0.1) is 5.92 Å². The highest BCUT2D eigenvalue weighted by Crippen LogP contribution is 2.62. The maximum Gasteiger partial charge on any atom is 0.345 e. The summed E-state index contributed by atoms with van der Waals surface area (Å²) in [7, 11) is 2.17. The maximum absolute atomic E-state index is 12.8. The summed E-state index contributed by atoms with van der Waals surface area (Å²) in [6.07, 6.45) is 4.81. The number of likely N-dealkylation sites (N-methyl/N-ethyl adjacent to an activating group) is 1. The van der Waals surface area contributed by atoms with E-state index in [0.29, 0.717) is 28.1 Å². The number of carbonyl (C=O) groups is 1. The lowest BCUT2D eigenvalue weighted by Crippen LogP contribution is -2.64. The van der Waals surface area contributed by atoms with Crippen LogP contribution in [-0.2, 0) is 11.8 Å². The Balaban J connectivity index is 1.47. The van der Waals surface area contributed by atoms with Crippen LogP contribution in [0.15, 0.2) is 48.6 Å². The van der Waals surface area contributed by atoms with Gasteiger partial charge in [-0.3, -0.25) is 0 Å². The molecule has 5 atom stereocenters. The lowest BCUT2D eigenvalue weighted by atomic mass is 9.53. The van der Waals surface area contributed by atoms with Crippen LogP contribution < -0.4 is 9.47 Å². The number of benzene rings is 2. The number of rotatable bonds is 2. The molecule has 154 valence electrons. The molecule has 2 aliphatic heterocycles. The molecular formula is C24H22ClNO4. The summed E-state index contributed by atoms with van der Waals surface area (Å²) in [6.45, 7) is 0.949. The first-order valence-electron chi connectivity index (χ1n) is 10.4. The summed E-state index contributed by atoms with van der Waals surface area (Å²) < 4.78 is 12.2. The number of aliphatic hydroxyl groups excluding tert-OH is 1. The molecule has 0 radical (unpaired) electrons. The summed E-state index contributed by atoms with van der Waals surface area (Å²) in [4.78, 5) is 15.2. The van der Waals surface area contributed by atoms with E-state index < -0.39 is 12.1 Å². The van der Waals surface area contributed by atoms with Gasteiger partial charge in [-0.25, -0.2) is 4.79 Å². The molecule has 0 saturated carbocycles. The van der Waals surface area contributed by atoms with E-state index >= 15 is 0 Å². The Kier molecular flexibility index (Phi) is 3.89. The normalized spacial score (nSPS) is 33.0. The molecule has 6 heteroatoms. The van der Waals surface area contributed by atoms with Crippen molar-refractivity contribution in [2.45, 2.75) is 36.5 Å². The Morgan fingerprint density at radius 1 is 1.27 bits per heavy atom. The predicted octanol–water partition coefficient (Wildman–Crippen LogP) is 3.37. The minimum Gasteiger partial charge on any atom is -0.482 e. The molecule has 0 aromatic heterocycles. The Morgan fingerprint density at radius 3 is 2.93 bits per heavy atom. The standard InChI is InChI=1S/C24H22ClNO4/c1-26-11-10-24-15-7-8-18(27)22(24)30-21-19(9-6-13(20(21)24)12-17(15)26)29-23(28)14-4-2-3-5-16(14)25/h2-9,15,17-18,22,27H,10-12H2,1H3/t15-,17+,18-,22-,24-/m0/s1. The van der Waals surface area contributed by atoms with Crippen molar-refractivity contribution in [2.75, 3.05) is 13.6 Å². The third-order valence-electron chi connectivity index (χ3n) is 7.43. The maximum atomic E-state index is 12.8. The third-order valence-corrected chi connectivity index (χ3v) is 7.76. The van der Waals surface area contributed by atoms with Crippen molar-refractivity contribution in [3.8, 4) is 11.5 Å². The van der Waals surface area contributed by atoms with Crippen LogP contribution in [0.2, 0.25) is 5.02 Å². The first kappa shape index (κ1) is 18.4. The van der Waals surface area contributed by atoms with Crippen molar-refractivity contribution >= 4 is 17.6 Å². The number of piperidine rings is 1. The molecule has 2 bridgehead atoms. The molecule has 30 heavy (non-hydrogen) atoms. The summed E-state index contributed by atoms with van der Waals surface area (Å²) >= 11 is 6.18. The van der Waals surface area contributed by atoms with Crippen molar-refractivity contribution in [2.24, 2.45) is 5.92 Å². The zero-order valence-electron chi connectivity index (χ0n) is 16.5. The third kappa shape index (κ3) is 2.28. The molecule has 6 rings (SSSR count). The van der Waals surface area contributed by atoms with E-state index in [4.69, 9.17) is 21.1 Å². The Hall–Kier alpha value is -2.34. The van der Waals surface area contributed by atoms with Crippen molar-refractivity contribution in [3.63, 3.8) is 0 Å². The van der Waals surface area contributed by atoms with Crippen LogP contribution in [0.4, 0.5) is 0 Å². The highest BCUT2D eigenvalue weighted by atomic mass is 35.5. The SMILES string of the molecule is CN1CC[C@]23c4c5ccc(OC(=O)c6ccccc6Cl)c4O[C@H]2[C@@H](O)C=C[C@H]3[C@H]1C5. The van der Waals surface area contributed by atoms with E-state index in [9.17, 15) is 9.90 Å². The minimum atomic E-state index is -0.684. The molecular weight excluding hydrogens is 402 g/mol. The van der Waals surface area contributed by atoms with E-state index in [1.165, 1.54) is 5.56 Å². The fraction of sp³-hybridized carbons (Fsp3) is 0.375. The fourth-order valence-electron chi connectivity index (χ4n) is 6.09. The van der Waals surface area contributed by atoms with Gasteiger partial charge in [-0.2, -0.15) is 0 Å². The lowest BCUT2D eigenvalue weighted by molar-refractivity contribution is -0.0453. The quantitative estimate of drug-likeness (QED) is 0.456. The molecule has 0 unspecified atom stereocenters. The van der Waals surface area contributed by atoms with Crippen LogP contribution in [0.1, 0.15) is 27.9 Å². The van der Waals surface area contributed by atoms with Crippen LogP contribution in [0.25, 0.3) is 0 Å². The number of halogens is 1. The zero-order chi connectivity index (χ0) is 20.6. The topological polar surface area (TPSA) is 59.0 Å². The van der Waals surface area contributed by atoms with E-state index in [1.807, 2.05) is 12.1 Å². The highest BCUT2D eigenvalue weighted by Gasteiger charge is 2.64. The average molecular weight is 424 g/mol. The van der Waals surface area contributed by atoms with E-state index in [2.05, 4.69) is 24.1 Å². The van der Waals surface area contributed by atoms with E-state index in [-0.39, 0.29) is 17.4 Å². The van der Waals surface area contributed by atoms with Crippen molar-refractivity contribution in [3.05, 3.63) is 70.3 Å². The second-order valence-electron chi connectivity index (χ2n) is 8.78. The number of hydrogen-bond donors (Lipinski definition) is 1. The average Bonchev–Trinajstić information content (AvgIpc) is 3.09. The van der Waals surface area contributed by atoms with Gasteiger partial charge in [0.1, 0.15) is 12.2 Å². The molecule has 1 fully saturated rings. The Bertz CT molecular complexity index is 1100. The van der Waals surface area contributed by atoms with Gasteiger partial charge in [-0.1, -0.05) is 42.0 Å². The molecule has 4 aliphatic rings. The zero-order valence-corrected chi connectivity index (χ0v) is 17.3. The number of carbonyl (C=O) groups excluding carboxylic acids is 1. The highest BCUT2D eigenvalue weighted by molar-refractivity contribution is 6.33. The van der Waals surface area contributed by atoms with Crippen molar-refractivity contribution < 1.29 is 19.4 Å². The van der Waals surface area contributed by atoms with Gasteiger partial charge in [-0.15, -0.1) is 0 Å². The number of aliphatic hydroxyl groups is 1. The largest absolute Gasteiger partial charge is 0.482 e. The minimum absolute atomic E-state index is 0.271. The summed E-state index contributed by atoms with van der Waals surface area (Å²) in [5, 5.41) is 11.1. The van der Waals surface area contributed by atoms with Crippen LogP contribution in [0.3, 0.4) is 0 Å². The number of hydrogen-bond acceptors (Lipinski definition) is 5.